The molecule has 1 aliphatic heterocycles. The third-order valence-corrected chi connectivity index (χ3v) is 3.50. The van der Waals surface area contributed by atoms with E-state index >= 15 is 0 Å². The molecule has 5 nitrogen and oxygen atoms in total. The van der Waals surface area contributed by atoms with E-state index in [1.165, 1.54) is 11.8 Å². The van der Waals surface area contributed by atoms with Crippen LogP contribution in [0.2, 0.25) is 0 Å². The van der Waals surface area contributed by atoms with Crippen LogP contribution in [-0.2, 0) is 14.4 Å². The van der Waals surface area contributed by atoms with Crippen LogP contribution in [0.1, 0.15) is 11.6 Å². The van der Waals surface area contributed by atoms with Crippen LogP contribution < -0.4 is 0 Å². The number of carbonyl (C=O) groups excluding carboxylic acids is 2. The smallest absolute Gasteiger partial charge is 0.331 e. The van der Waals surface area contributed by atoms with Crippen molar-refractivity contribution in [2.75, 3.05) is 11.5 Å². The molecule has 1 N–H and O–H groups in total. The first-order valence-corrected chi connectivity index (χ1v) is 6.47. The van der Waals surface area contributed by atoms with Gasteiger partial charge in [0.25, 0.3) is 0 Å². The zero-order valence-corrected chi connectivity index (χ0v) is 10.2. The highest BCUT2D eigenvalue weighted by Crippen LogP contribution is 2.25. The predicted octanol–water partition coefficient (Wildman–Crippen LogP) is 0.914. The van der Waals surface area contributed by atoms with E-state index in [1.807, 2.05) is 0 Å². The largest absolute Gasteiger partial charge is 0.479 e. The minimum Gasteiger partial charge on any atom is -0.479 e. The number of rotatable bonds is 3. The van der Waals surface area contributed by atoms with E-state index in [4.69, 9.17) is 0 Å². The highest BCUT2D eigenvalue weighted by atomic mass is 32.2. The summed E-state index contributed by atoms with van der Waals surface area (Å²) in [7, 11) is 0. The zero-order chi connectivity index (χ0) is 13.1. The van der Waals surface area contributed by atoms with Crippen molar-refractivity contribution in [3.63, 3.8) is 0 Å². The molecule has 1 saturated heterocycles. The molecule has 6 heteroatoms. The average Bonchev–Trinajstić information content (AvgIpc) is 2.34. The van der Waals surface area contributed by atoms with Gasteiger partial charge in [-0.2, -0.15) is 0 Å². The molecule has 1 aromatic rings. The second-order valence-electron chi connectivity index (χ2n) is 3.80. The van der Waals surface area contributed by atoms with Gasteiger partial charge in [0.1, 0.15) is 0 Å². The SMILES string of the molecule is O=C(O)C(c1ccccc1)N1C(=O)CSCC1=O. The Kier molecular flexibility index (Phi) is 3.66. The third-order valence-electron chi connectivity index (χ3n) is 2.60. The fourth-order valence-corrected chi connectivity index (χ4v) is 2.56. The number of thioether (sulfide) groups is 1. The lowest BCUT2D eigenvalue weighted by atomic mass is 10.1. The Balaban J connectivity index is 2.39. The summed E-state index contributed by atoms with van der Waals surface area (Å²) in [5, 5.41) is 9.26. The second-order valence-corrected chi connectivity index (χ2v) is 4.79. The fraction of sp³-hybridized carbons (Fsp3) is 0.250. The first-order chi connectivity index (χ1) is 8.61. The summed E-state index contributed by atoms with van der Waals surface area (Å²) >= 11 is 1.21. The van der Waals surface area contributed by atoms with Crippen LogP contribution in [0.25, 0.3) is 0 Å². The van der Waals surface area contributed by atoms with Crippen molar-refractivity contribution in [3.8, 4) is 0 Å². The molecule has 0 spiro atoms. The van der Waals surface area contributed by atoms with E-state index in [1.54, 1.807) is 30.3 Å². The molecule has 1 aromatic carbocycles. The Labute approximate surface area is 108 Å². The summed E-state index contributed by atoms with van der Waals surface area (Å²) in [6, 6.07) is 7.07. The van der Waals surface area contributed by atoms with Crippen molar-refractivity contribution >= 4 is 29.5 Å². The Hall–Kier alpha value is -1.82. The van der Waals surface area contributed by atoms with Crippen LogP contribution in [0.15, 0.2) is 30.3 Å². The second kappa shape index (κ2) is 5.22. The lowest BCUT2D eigenvalue weighted by Crippen LogP contribution is -2.47. The van der Waals surface area contributed by atoms with Crippen molar-refractivity contribution in [3.05, 3.63) is 35.9 Å². The first-order valence-electron chi connectivity index (χ1n) is 5.31. The Morgan fingerprint density at radius 2 is 1.72 bits per heavy atom. The van der Waals surface area contributed by atoms with Crippen LogP contribution in [0.4, 0.5) is 0 Å². The minimum absolute atomic E-state index is 0.141. The molecule has 1 aliphatic rings. The van der Waals surface area contributed by atoms with Gasteiger partial charge in [-0.15, -0.1) is 11.8 Å². The van der Waals surface area contributed by atoms with E-state index in [9.17, 15) is 19.5 Å². The molecule has 1 atom stereocenters. The molecule has 0 aliphatic carbocycles. The van der Waals surface area contributed by atoms with Gasteiger partial charge in [0.15, 0.2) is 6.04 Å². The molecular formula is C12H11NO4S. The summed E-state index contributed by atoms with van der Waals surface area (Å²) in [4.78, 5) is 35.7. The van der Waals surface area contributed by atoms with Gasteiger partial charge in [-0.05, 0) is 5.56 Å². The van der Waals surface area contributed by atoms with E-state index in [0.29, 0.717) is 5.56 Å². The number of carboxylic acid groups (broad SMARTS) is 1. The van der Waals surface area contributed by atoms with Crippen molar-refractivity contribution in [2.45, 2.75) is 6.04 Å². The predicted molar refractivity (Wildman–Crippen MR) is 66.0 cm³/mol. The van der Waals surface area contributed by atoms with E-state index in [0.717, 1.165) is 4.90 Å². The fourth-order valence-electron chi connectivity index (χ4n) is 1.83. The Morgan fingerprint density at radius 3 is 2.22 bits per heavy atom. The Morgan fingerprint density at radius 1 is 1.17 bits per heavy atom. The lowest BCUT2D eigenvalue weighted by molar-refractivity contribution is -0.156. The summed E-state index contributed by atoms with van der Waals surface area (Å²) in [5.74, 6) is -1.82. The molecule has 0 bridgehead atoms. The van der Waals surface area contributed by atoms with Gasteiger partial charge in [0.05, 0.1) is 11.5 Å². The molecule has 1 fully saturated rings. The molecule has 0 radical (unpaired) electrons. The van der Waals surface area contributed by atoms with E-state index in [2.05, 4.69) is 0 Å². The molecule has 0 aromatic heterocycles. The highest BCUT2D eigenvalue weighted by Gasteiger charge is 2.37. The number of hydrogen-bond acceptors (Lipinski definition) is 4. The number of amides is 2. The topological polar surface area (TPSA) is 74.7 Å². The van der Waals surface area contributed by atoms with Crippen LogP contribution in [0.3, 0.4) is 0 Å². The van der Waals surface area contributed by atoms with Gasteiger partial charge >= 0.3 is 5.97 Å². The van der Waals surface area contributed by atoms with E-state index < -0.39 is 23.8 Å². The monoisotopic (exact) mass is 265 g/mol. The number of hydrogen-bond donors (Lipinski definition) is 1. The molecule has 2 amide bonds. The summed E-state index contributed by atoms with van der Waals surface area (Å²) in [6.07, 6.45) is 0. The molecule has 94 valence electrons. The number of carboxylic acids is 1. The first kappa shape index (κ1) is 12.6. The van der Waals surface area contributed by atoms with Crippen molar-refractivity contribution in [1.29, 1.82) is 0 Å². The van der Waals surface area contributed by atoms with Crippen LogP contribution in [0, 0.1) is 0 Å². The molecule has 1 heterocycles. The van der Waals surface area contributed by atoms with Crippen molar-refractivity contribution in [1.82, 2.24) is 4.90 Å². The van der Waals surface area contributed by atoms with Gasteiger partial charge in [0.2, 0.25) is 11.8 Å². The zero-order valence-electron chi connectivity index (χ0n) is 9.41. The maximum Gasteiger partial charge on any atom is 0.331 e. The van der Waals surface area contributed by atoms with E-state index in [-0.39, 0.29) is 11.5 Å². The number of aliphatic carboxylic acids is 1. The van der Waals surface area contributed by atoms with Gasteiger partial charge in [-0.1, -0.05) is 30.3 Å². The van der Waals surface area contributed by atoms with Gasteiger partial charge in [-0.25, -0.2) is 4.79 Å². The number of imide groups is 1. The quantitative estimate of drug-likeness (QED) is 0.822. The standard InChI is InChI=1S/C12H11NO4S/c14-9-6-18-7-10(15)13(9)11(12(16)17)8-4-2-1-3-5-8/h1-5,11H,6-7H2,(H,16,17). The van der Waals surface area contributed by atoms with Gasteiger partial charge in [0, 0.05) is 0 Å². The third kappa shape index (κ3) is 2.38. The van der Waals surface area contributed by atoms with Gasteiger partial charge in [-0.3, -0.25) is 14.5 Å². The summed E-state index contributed by atoms with van der Waals surface area (Å²) < 4.78 is 0. The van der Waals surface area contributed by atoms with Crippen molar-refractivity contribution in [2.24, 2.45) is 0 Å². The average molecular weight is 265 g/mol. The summed E-state index contributed by atoms with van der Waals surface area (Å²) in [5.41, 5.74) is 0.429. The maximum absolute atomic E-state index is 11.7. The maximum atomic E-state index is 11.7. The number of nitrogens with zero attached hydrogens (tertiary/aromatic N) is 1. The molecule has 18 heavy (non-hydrogen) atoms. The van der Waals surface area contributed by atoms with Gasteiger partial charge < -0.3 is 5.11 Å². The highest BCUT2D eigenvalue weighted by molar-refractivity contribution is 8.00. The Bertz CT molecular complexity index is 472. The summed E-state index contributed by atoms with van der Waals surface area (Å²) in [6.45, 7) is 0. The van der Waals surface area contributed by atoms with Crippen LogP contribution in [-0.4, -0.2) is 39.3 Å². The lowest BCUT2D eigenvalue weighted by Gasteiger charge is -2.30. The minimum atomic E-state index is -1.23. The molecular weight excluding hydrogens is 254 g/mol. The van der Waals surface area contributed by atoms with Crippen LogP contribution >= 0.6 is 11.8 Å². The number of carbonyl (C=O) groups is 3. The molecule has 0 saturated carbocycles. The normalized spacial score (nSPS) is 17.7. The van der Waals surface area contributed by atoms with Crippen molar-refractivity contribution < 1.29 is 19.5 Å². The molecule has 1 unspecified atom stereocenters. The number of benzene rings is 1. The van der Waals surface area contributed by atoms with Crippen LogP contribution in [0.5, 0.6) is 0 Å². The molecule has 2 rings (SSSR count).